The highest BCUT2D eigenvalue weighted by Gasteiger charge is 2.38. The van der Waals surface area contributed by atoms with Gasteiger partial charge in [0.2, 0.25) is 17.7 Å². The van der Waals surface area contributed by atoms with Crippen LogP contribution < -0.4 is 0 Å². The van der Waals surface area contributed by atoms with Crippen molar-refractivity contribution in [3.63, 3.8) is 0 Å². The van der Waals surface area contributed by atoms with E-state index in [2.05, 4.69) is 0 Å². The molecule has 0 bridgehead atoms. The Kier molecular flexibility index (Phi) is 12.5. The van der Waals surface area contributed by atoms with Gasteiger partial charge in [-0.15, -0.1) is 0 Å². The van der Waals surface area contributed by atoms with Crippen LogP contribution in [0, 0.1) is 0 Å². The summed E-state index contributed by atoms with van der Waals surface area (Å²) in [5.74, 6) is -1.47. The number of nitrogens with zero attached hydrogens (tertiary/aromatic N) is 4. The van der Waals surface area contributed by atoms with Gasteiger partial charge < -0.3 is 24.7 Å². The summed E-state index contributed by atoms with van der Waals surface area (Å²) in [4.78, 5) is 60.6. The summed E-state index contributed by atoms with van der Waals surface area (Å²) in [6.45, 7) is 1.52. The van der Waals surface area contributed by atoms with E-state index in [4.69, 9.17) is 0 Å². The van der Waals surface area contributed by atoms with Crippen molar-refractivity contribution in [2.24, 2.45) is 0 Å². The zero-order chi connectivity index (χ0) is 37.0. The van der Waals surface area contributed by atoms with Gasteiger partial charge in [0.05, 0.1) is 12.1 Å². The van der Waals surface area contributed by atoms with E-state index in [0.29, 0.717) is 57.4 Å². The molecule has 53 heavy (non-hydrogen) atoms. The molecule has 6 rings (SSSR count). The molecule has 2 heterocycles. The Morgan fingerprint density at radius 2 is 0.887 bits per heavy atom. The molecule has 2 aliphatic heterocycles. The molecule has 0 radical (unpaired) electrons. The number of aliphatic hydroxyl groups excluding tert-OH is 1. The molecule has 0 unspecified atom stereocenters. The van der Waals surface area contributed by atoms with Crippen molar-refractivity contribution in [1.82, 2.24) is 19.6 Å². The Hall–Kier alpha value is -5.96. The molecule has 0 spiro atoms. The van der Waals surface area contributed by atoms with Crippen LogP contribution in [0.3, 0.4) is 0 Å². The van der Waals surface area contributed by atoms with E-state index in [-0.39, 0.29) is 49.3 Å². The summed E-state index contributed by atoms with van der Waals surface area (Å²) in [6, 6.07) is 39.8. The third-order valence-corrected chi connectivity index (χ3v) is 9.83. The summed E-state index contributed by atoms with van der Waals surface area (Å²) < 4.78 is 0. The van der Waals surface area contributed by atoms with E-state index in [9.17, 15) is 24.3 Å². The Balaban J connectivity index is 1.07. The lowest BCUT2D eigenvalue weighted by Crippen LogP contribution is -2.43. The average Bonchev–Trinajstić information content (AvgIpc) is 3.68. The first-order chi connectivity index (χ1) is 25.8. The molecule has 9 heteroatoms. The predicted octanol–water partition coefficient (Wildman–Crippen LogP) is 5.04. The molecule has 2 aliphatic rings. The Labute approximate surface area is 311 Å². The first-order valence-electron chi connectivity index (χ1n) is 18.3. The minimum atomic E-state index is -0.499. The van der Waals surface area contributed by atoms with Gasteiger partial charge in [0.15, 0.2) is 0 Å². The lowest BCUT2D eigenvalue weighted by molar-refractivity contribution is -0.137. The van der Waals surface area contributed by atoms with Gasteiger partial charge in [-0.2, -0.15) is 0 Å². The molecule has 1 N–H and O–H groups in total. The van der Waals surface area contributed by atoms with E-state index in [0.717, 1.165) is 22.3 Å². The number of hydrogen-bond donors (Lipinski definition) is 1. The second-order valence-electron chi connectivity index (χ2n) is 13.6. The van der Waals surface area contributed by atoms with Crippen LogP contribution in [-0.2, 0) is 44.9 Å². The smallest absolute Gasteiger partial charge is 0.258 e. The first kappa shape index (κ1) is 36.8. The van der Waals surface area contributed by atoms with Gasteiger partial charge in [-0.3, -0.25) is 19.2 Å². The van der Waals surface area contributed by atoms with E-state index in [1.165, 1.54) is 15.9 Å². The molecule has 0 aromatic heterocycles. The predicted molar refractivity (Wildman–Crippen MR) is 205 cm³/mol. The standard InChI is InChI=1S/C44H46N4O5/c49-39-31-48(33-42(52)46(27-23-36-17-9-3-10-18-36)28-24-37-19-11-4-12-20-37)44(53)43(39)38-29-40(50)47(30-38)32-41(51)45(25-21-34-13-5-1-6-14-34)26-22-35-15-7-2-8-16-35/h1-20,29,49H,21-28,30-33H2. The molecule has 0 fully saturated rings. The van der Waals surface area contributed by atoms with E-state index in [1.54, 1.807) is 9.80 Å². The molecule has 0 saturated carbocycles. The minimum absolute atomic E-state index is 0.0168. The minimum Gasteiger partial charge on any atom is -0.510 e. The lowest BCUT2D eigenvalue weighted by atomic mass is 10.1. The zero-order valence-corrected chi connectivity index (χ0v) is 30.0. The Morgan fingerprint density at radius 3 is 1.26 bits per heavy atom. The normalized spacial score (nSPS) is 14.2. The van der Waals surface area contributed by atoms with Crippen molar-refractivity contribution < 1.29 is 24.3 Å². The fourth-order valence-electron chi connectivity index (χ4n) is 6.80. The molecule has 4 aromatic rings. The third-order valence-electron chi connectivity index (χ3n) is 9.83. The molecule has 0 aliphatic carbocycles. The molecule has 4 amide bonds. The number of carbonyl (C=O) groups is 4. The van der Waals surface area contributed by atoms with Crippen molar-refractivity contribution in [2.75, 3.05) is 52.4 Å². The van der Waals surface area contributed by atoms with Crippen LogP contribution in [0.1, 0.15) is 22.3 Å². The van der Waals surface area contributed by atoms with E-state index in [1.807, 2.05) is 121 Å². The molecular weight excluding hydrogens is 665 g/mol. The number of rotatable bonds is 17. The van der Waals surface area contributed by atoms with Crippen molar-refractivity contribution in [3.8, 4) is 0 Å². The summed E-state index contributed by atoms with van der Waals surface area (Å²) in [6.07, 6.45) is 4.02. The monoisotopic (exact) mass is 710 g/mol. The number of aliphatic hydroxyl groups is 1. The van der Waals surface area contributed by atoms with Gasteiger partial charge >= 0.3 is 0 Å². The third kappa shape index (κ3) is 10.1. The SMILES string of the molecule is O=C1C=C(C2=C(O)CN(CC(=O)N(CCc3ccccc3)CCc3ccccc3)C2=O)CN1CC(=O)N(CCc1ccccc1)CCc1ccccc1. The van der Waals surface area contributed by atoms with Gasteiger partial charge in [0, 0.05) is 38.8 Å². The fourth-order valence-corrected chi connectivity index (χ4v) is 6.80. The molecule has 9 nitrogen and oxygen atoms in total. The van der Waals surface area contributed by atoms with Gasteiger partial charge in [-0.1, -0.05) is 121 Å². The highest BCUT2D eigenvalue weighted by atomic mass is 16.3. The van der Waals surface area contributed by atoms with Gasteiger partial charge in [-0.25, -0.2) is 0 Å². The number of carbonyl (C=O) groups excluding carboxylic acids is 4. The maximum Gasteiger partial charge on any atom is 0.258 e. The summed E-state index contributed by atoms with van der Waals surface area (Å²) in [5, 5.41) is 11.0. The van der Waals surface area contributed by atoms with Crippen molar-refractivity contribution in [2.45, 2.75) is 25.7 Å². The topological polar surface area (TPSA) is 101 Å². The molecule has 4 aromatic carbocycles. The Bertz CT molecular complexity index is 1840. The van der Waals surface area contributed by atoms with Crippen LogP contribution in [0.5, 0.6) is 0 Å². The van der Waals surface area contributed by atoms with E-state index < -0.39 is 11.8 Å². The molecule has 0 saturated heterocycles. The van der Waals surface area contributed by atoms with Crippen molar-refractivity contribution in [1.29, 1.82) is 0 Å². The zero-order valence-electron chi connectivity index (χ0n) is 30.0. The molecule has 272 valence electrons. The van der Waals surface area contributed by atoms with Gasteiger partial charge in [0.1, 0.15) is 18.8 Å². The maximum absolute atomic E-state index is 13.7. The van der Waals surface area contributed by atoms with Crippen molar-refractivity contribution >= 4 is 23.6 Å². The van der Waals surface area contributed by atoms with Crippen molar-refractivity contribution in [3.05, 3.63) is 167 Å². The van der Waals surface area contributed by atoms with Crippen LogP contribution >= 0.6 is 0 Å². The largest absolute Gasteiger partial charge is 0.510 e. The summed E-state index contributed by atoms with van der Waals surface area (Å²) >= 11 is 0. The lowest BCUT2D eigenvalue weighted by Gasteiger charge is -2.26. The number of hydrogen-bond acceptors (Lipinski definition) is 5. The van der Waals surface area contributed by atoms with Crippen LogP contribution in [0.4, 0.5) is 0 Å². The summed E-state index contributed by atoms with van der Waals surface area (Å²) in [5.41, 5.74) is 4.84. The highest BCUT2D eigenvalue weighted by molar-refractivity contribution is 6.06. The Morgan fingerprint density at radius 1 is 0.528 bits per heavy atom. The first-order valence-corrected chi connectivity index (χ1v) is 18.3. The second kappa shape index (κ2) is 18.0. The maximum atomic E-state index is 13.7. The van der Waals surface area contributed by atoms with E-state index >= 15 is 0 Å². The van der Waals surface area contributed by atoms with Crippen LogP contribution in [-0.4, -0.2) is 101 Å². The highest BCUT2D eigenvalue weighted by Crippen LogP contribution is 2.28. The second-order valence-corrected chi connectivity index (χ2v) is 13.6. The molecular formula is C44H46N4O5. The van der Waals surface area contributed by atoms with Crippen LogP contribution in [0.15, 0.2) is 144 Å². The van der Waals surface area contributed by atoms with Crippen LogP contribution in [0.2, 0.25) is 0 Å². The van der Waals surface area contributed by atoms with Gasteiger partial charge in [-0.05, 0) is 53.5 Å². The average molecular weight is 711 g/mol. The quantitative estimate of drug-likeness (QED) is 0.166. The fraction of sp³-hybridized carbons (Fsp3) is 0.273. The number of amides is 4. The number of benzene rings is 4. The molecule has 0 atom stereocenters. The van der Waals surface area contributed by atoms with Gasteiger partial charge in [0.25, 0.3) is 5.91 Å². The van der Waals surface area contributed by atoms with Crippen LogP contribution in [0.25, 0.3) is 0 Å². The summed E-state index contributed by atoms with van der Waals surface area (Å²) in [7, 11) is 0.